The van der Waals surface area contributed by atoms with E-state index in [-0.39, 0.29) is 0 Å². The minimum Gasteiger partial charge on any atom is -0.228 e. The van der Waals surface area contributed by atoms with Crippen molar-refractivity contribution in [3.8, 4) is 0 Å². The smallest absolute Gasteiger partial charge is 0.121 e. The van der Waals surface area contributed by atoms with Crippen LogP contribution in [0.4, 0.5) is 0 Å². The zero-order valence-electron chi connectivity index (χ0n) is 8.79. The van der Waals surface area contributed by atoms with Gasteiger partial charge in [0.25, 0.3) is 0 Å². The van der Waals surface area contributed by atoms with Crippen molar-refractivity contribution >= 4 is 15.9 Å². The minimum atomic E-state index is -0.515. The number of rotatable bonds is 2. The molecule has 81 valence electrons. The summed E-state index contributed by atoms with van der Waals surface area (Å²) in [5, 5.41) is 12.2. The van der Waals surface area contributed by atoms with Gasteiger partial charge in [0, 0.05) is 4.47 Å². The summed E-state index contributed by atoms with van der Waals surface area (Å²) in [5.74, 6) is 0.361. The molecule has 1 aliphatic carbocycles. The average molecular weight is 268 g/mol. The normalized spacial score (nSPS) is 20.1. The van der Waals surface area contributed by atoms with Crippen LogP contribution in [0.2, 0.25) is 0 Å². The first-order chi connectivity index (χ1) is 7.27. The Morgan fingerprint density at radius 3 is 2.27 bits per heavy atom. The van der Waals surface area contributed by atoms with Crippen LogP contribution in [-0.4, -0.2) is 0 Å². The fourth-order valence-corrected chi connectivity index (χ4v) is 2.63. The lowest BCUT2D eigenvalue weighted by atomic mass is 9.83. The topological polar surface area (TPSA) is 19.9 Å². The minimum absolute atomic E-state index is 0.361. The van der Waals surface area contributed by atoms with Crippen molar-refractivity contribution in [2.45, 2.75) is 38.2 Å². The van der Waals surface area contributed by atoms with Crippen LogP contribution in [0.3, 0.4) is 0 Å². The molecule has 1 aromatic rings. The maximum atomic E-state index is 12.2. The molecule has 1 unspecified atom stereocenters. The first kappa shape index (κ1) is 11.2. The molecule has 0 spiro atoms. The zero-order valence-corrected chi connectivity index (χ0v) is 10.4. The predicted molar refractivity (Wildman–Crippen MR) is 64.1 cm³/mol. The molecule has 1 saturated carbocycles. The monoisotopic (exact) mass is 267 g/mol. The van der Waals surface area contributed by atoms with Gasteiger partial charge in [0.1, 0.15) is 6.10 Å². The van der Waals surface area contributed by atoms with Crippen LogP contribution in [0.1, 0.15) is 43.8 Å². The molecule has 1 radical (unpaired) electrons. The average Bonchev–Trinajstić information content (AvgIpc) is 2.30. The van der Waals surface area contributed by atoms with Crippen LogP contribution < -0.4 is 0 Å². The molecule has 1 aromatic carbocycles. The van der Waals surface area contributed by atoms with Crippen molar-refractivity contribution in [1.29, 1.82) is 0 Å². The van der Waals surface area contributed by atoms with Crippen molar-refractivity contribution in [2.75, 3.05) is 0 Å². The van der Waals surface area contributed by atoms with E-state index >= 15 is 0 Å². The summed E-state index contributed by atoms with van der Waals surface area (Å²) in [7, 11) is 0. The van der Waals surface area contributed by atoms with Gasteiger partial charge in [-0.2, -0.15) is 0 Å². The molecule has 0 heterocycles. The van der Waals surface area contributed by atoms with Crippen LogP contribution in [0.25, 0.3) is 0 Å². The predicted octanol–water partition coefficient (Wildman–Crippen LogP) is 4.50. The fraction of sp³-hybridized carbons (Fsp3) is 0.538. The molecule has 0 aromatic heterocycles. The molecule has 1 nitrogen and oxygen atoms in total. The first-order valence-corrected chi connectivity index (χ1v) is 6.48. The van der Waals surface area contributed by atoms with E-state index in [9.17, 15) is 5.11 Å². The second kappa shape index (κ2) is 5.13. The van der Waals surface area contributed by atoms with Crippen LogP contribution in [-0.2, 0) is 5.11 Å². The molecule has 0 aliphatic heterocycles. The second-order valence-electron chi connectivity index (χ2n) is 4.37. The van der Waals surface area contributed by atoms with Crippen molar-refractivity contribution < 1.29 is 5.11 Å². The Kier molecular flexibility index (Phi) is 3.81. The van der Waals surface area contributed by atoms with Gasteiger partial charge in [-0.05, 0) is 36.5 Å². The molecule has 0 bridgehead atoms. The molecule has 15 heavy (non-hydrogen) atoms. The van der Waals surface area contributed by atoms with E-state index in [0.717, 1.165) is 22.9 Å². The largest absolute Gasteiger partial charge is 0.228 e. The molecule has 2 rings (SSSR count). The third-order valence-electron chi connectivity index (χ3n) is 3.28. The third kappa shape index (κ3) is 2.82. The standard InChI is InChI=1S/C13H16BrO/c14-12-8-6-11(7-9-12)13(15)10-4-2-1-3-5-10/h6-10,13H,1-5H2. The lowest BCUT2D eigenvalue weighted by Gasteiger charge is -2.25. The molecule has 0 amide bonds. The highest BCUT2D eigenvalue weighted by molar-refractivity contribution is 9.10. The number of halogens is 1. The van der Waals surface area contributed by atoms with Crippen molar-refractivity contribution in [2.24, 2.45) is 5.92 Å². The molecule has 0 saturated heterocycles. The molecule has 1 fully saturated rings. The van der Waals surface area contributed by atoms with E-state index in [1.807, 2.05) is 24.3 Å². The quantitative estimate of drug-likeness (QED) is 0.752. The molecule has 1 aliphatic rings. The Balaban J connectivity index is 2.05. The maximum absolute atomic E-state index is 12.2. The highest BCUT2D eigenvalue weighted by atomic mass is 79.9. The van der Waals surface area contributed by atoms with E-state index in [0.29, 0.717) is 5.92 Å². The van der Waals surface area contributed by atoms with Gasteiger partial charge < -0.3 is 0 Å². The fourth-order valence-electron chi connectivity index (χ4n) is 2.36. The van der Waals surface area contributed by atoms with Gasteiger partial charge in [0.15, 0.2) is 0 Å². The van der Waals surface area contributed by atoms with Crippen LogP contribution in [0.15, 0.2) is 28.7 Å². The summed E-state index contributed by atoms with van der Waals surface area (Å²) >= 11 is 3.39. The molecule has 1 atom stereocenters. The lowest BCUT2D eigenvalue weighted by molar-refractivity contribution is 0.0198. The third-order valence-corrected chi connectivity index (χ3v) is 3.81. The number of hydrogen-bond acceptors (Lipinski definition) is 0. The Labute approximate surface area is 99.6 Å². The van der Waals surface area contributed by atoms with Crippen molar-refractivity contribution in [1.82, 2.24) is 0 Å². The number of benzene rings is 1. The van der Waals surface area contributed by atoms with Crippen LogP contribution in [0.5, 0.6) is 0 Å². The summed E-state index contributed by atoms with van der Waals surface area (Å²) in [6.07, 6.45) is 5.50. The van der Waals surface area contributed by atoms with Gasteiger partial charge in [0.05, 0.1) is 0 Å². The van der Waals surface area contributed by atoms with E-state index < -0.39 is 6.10 Å². The molecular formula is C13H16BrO. The van der Waals surface area contributed by atoms with E-state index in [4.69, 9.17) is 0 Å². The molecular weight excluding hydrogens is 252 g/mol. The Morgan fingerprint density at radius 1 is 1.07 bits per heavy atom. The SMILES string of the molecule is [O]C(c1ccc(Br)cc1)C1CCCCC1. The Morgan fingerprint density at radius 2 is 1.67 bits per heavy atom. The first-order valence-electron chi connectivity index (χ1n) is 5.68. The van der Waals surface area contributed by atoms with Crippen molar-refractivity contribution in [3.63, 3.8) is 0 Å². The van der Waals surface area contributed by atoms with Gasteiger partial charge in [0.2, 0.25) is 0 Å². The van der Waals surface area contributed by atoms with Gasteiger partial charge in [-0.25, -0.2) is 5.11 Å². The molecule has 0 N–H and O–H groups in total. The van der Waals surface area contributed by atoms with Crippen LogP contribution >= 0.6 is 15.9 Å². The van der Waals surface area contributed by atoms with E-state index in [2.05, 4.69) is 15.9 Å². The molecule has 2 heteroatoms. The van der Waals surface area contributed by atoms with Gasteiger partial charge in [-0.1, -0.05) is 47.3 Å². The van der Waals surface area contributed by atoms with E-state index in [1.54, 1.807) is 0 Å². The number of hydrogen-bond donors (Lipinski definition) is 0. The summed E-state index contributed by atoms with van der Waals surface area (Å²) < 4.78 is 1.04. The van der Waals surface area contributed by atoms with Gasteiger partial charge >= 0.3 is 0 Å². The Bertz CT molecular complexity index is 301. The van der Waals surface area contributed by atoms with Gasteiger partial charge in [-0.15, -0.1) is 0 Å². The van der Waals surface area contributed by atoms with Crippen LogP contribution in [0, 0.1) is 5.92 Å². The summed E-state index contributed by atoms with van der Waals surface area (Å²) in [6.45, 7) is 0. The second-order valence-corrected chi connectivity index (χ2v) is 5.29. The lowest BCUT2D eigenvalue weighted by Crippen LogP contribution is -2.14. The van der Waals surface area contributed by atoms with Crippen molar-refractivity contribution in [3.05, 3.63) is 34.3 Å². The zero-order chi connectivity index (χ0) is 10.7. The van der Waals surface area contributed by atoms with E-state index in [1.165, 1.54) is 19.3 Å². The summed E-state index contributed by atoms with van der Waals surface area (Å²) in [5.41, 5.74) is 0.949. The maximum Gasteiger partial charge on any atom is 0.121 e. The highest BCUT2D eigenvalue weighted by Crippen LogP contribution is 2.34. The Hall–Kier alpha value is -0.340. The van der Waals surface area contributed by atoms with Gasteiger partial charge in [-0.3, -0.25) is 0 Å². The summed E-state index contributed by atoms with van der Waals surface area (Å²) in [6, 6.07) is 7.83. The summed E-state index contributed by atoms with van der Waals surface area (Å²) in [4.78, 5) is 0. The highest BCUT2D eigenvalue weighted by Gasteiger charge is 2.24.